The highest BCUT2D eigenvalue weighted by atomic mass is 35.5. The summed E-state index contributed by atoms with van der Waals surface area (Å²) in [6.45, 7) is 2.10. The van der Waals surface area contributed by atoms with Gasteiger partial charge in [0.2, 0.25) is 5.91 Å². The molecule has 3 atom stereocenters. The Morgan fingerprint density at radius 1 is 1.29 bits per heavy atom. The number of nitrogens with zero attached hydrogens (tertiary/aromatic N) is 2. The Kier molecular flexibility index (Phi) is 5.58. The first kappa shape index (κ1) is 19.6. The molecule has 150 valence electrons. The lowest BCUT2D eigenvalue weighted by molar-refractivity contribution is -0.127. The van der Waals surface area contributed by atoms with Gasteiger partial charge in [0.25, 0.3) is 5.56 Å². The second-order valence-electron chi connectivity index (χ2n) is 7.86. The van der Waals surface area contributed by atoms with Crippen LogP contribution >= 0.6 is 23.7 Å². The lowest BCUT2D eigenvalue weighted by Crippen LogP contribution is -2.52. The van der Waals surface area contributed by atoms with Crippen molar-refractivity contribution in [1.29, 1.82) is 0 Å². The number of thiazole rings is 1. The van der Waals surface area contributed by atoms with Crippen LogP contribution in [0.2, 0.25) is 0 Å². The predicted molar refractivity (Wildman–Crippen MR) is 111 cm³/mol. The predicted octanol–water partition coefficient (Wildman–Crippen LogP) is 2.17. The number of halogens is 1. The van der Waals surface area contributed by atoms with Crippen LogP contribution in [0.3, 0.4) is 0 Å². The van der Waals surface area contributed by atoms with Crippen molar-refractivity contribution in [1.82, 2.24) is 20.2 Å². The van der Waals surface area contributed by atoms with E-state index in [2.05, 4.69) is 10.6 Å². The zero-order valence-corrected chi connectivity index (χ0v) is 17.3. The molecular weight excluding hydrogens is 396 g/mol. The van der Waals surface area contributed by atoms with Crippen LogP contribution < -0.4 is 16.2 Å². The molecule has 1 aliphatic carbocycles. The summed E-state index contributed by atoms with van der Waals surface area (Å²) < 4.78 is 1.74. The van der Waals surface area contributed by atoms with Gasteiger partial charge in [0.15, 0.2) is 0 Å². The maximum atomic E-state index is 13.1. The third kappa shape index (κ3) is 3.40. The van der Waals surface area contributed by atoms with Crippen LogP contribution in [0.25, 0.3) is 0 Å². The molecule has 2 aromatic heterocycles. The summed E-state index contributed by atoms with van der Waals surface area (Å²) in [5.74, 6) is 0.401. The molecule has 0 saturated carbocycles. The van der Waals surface area contributed by atoms with Gasteiger partial charge in [0.05, 0.1) is 12.2 Å². The van der Waals surface area contributed by atoms with E-state index in [1.54, 1.807) is 28.0 Å². The van der Waals surface area contributed by atoms with Gasteiger partial charge in [-0.3, -0.25) is 14.2 Å². The van der Waals surface area contributed by atoms with Crippen molar-refractivity contribution in [3.05, 3.63) is 49.8 Å². The van der Waals surface area contributed by atoms with E-state index in [9.17, 15) is 9.59 Å². The van der Waals surface area contributed by atoms with E-state index in [0.29, 0.717) is 12.5 Å². The number of carbonyl (C=O) groups excluding carboxylic acids is 1. The molecule has 1 saturated heterocycles. The standard InChI is InChI=1S/C20H24N4O2S.ClH/c25-18-7-3-5-15-12-8-13(10-21-9-12)19(24(15)18)20(26)22-11-17-23-14-4-1-2-6-16(14)27-17;/h3,5,7,12-13,19,21H,1-2,4,6,8-11H2,(H,22,26);1H/t12-,13+,19-;/m1./s1. The number of piperidine rings is 1. The normalized spacial score (nSPS) is 25.2. The molecule has 5 rings (SSSR count). The fourth-order valence-electron chi connectivity index (χ4n) is 4.88. The molecule has 6 nitrogen and oxygen atoms in total. The van der Waals surface area contributed by atoms with Crippen LogP contribution in [0.1, 0.15) is 52.5 Å². The highest BCUT2D eigenvalue weighted by Crippen LogP contribution is 2.38. The second-order valence-corrected chi connectivity index (χ2v) is 9.03. The van der Waals surface area contributed by atoms with Gasteiger partial charge in [-0.2, -0.15) is 0 Å². The van der Waals surface area contributed by atoms with Crippen molar-refractivity contribution < 1.29 is 4.79 Å². The average Bonchev–Trinajstić information content (AvgIpc) is 3.10. The molecule has 0 spiro atoms. The molecule has 2 aliphatic heterocycles. The summed E-state index contributed by atoms with van der Waals surface area (Å²) in [6, 6.07) is 4.92. The van der Waals surface area contributed by atoms with Crippen LogP contribution in [0, 0.1) is 5.92 Å². The summed E-state index contributed by atoms with van der Waals surface area (Å²) in [4.78, 5) is 31.8. The summed E-state index contributed by atoms with van der Waals surface area (Å²) in [6.07, 6.45) is 5.57. The van der Waals surface area contributed by atoms with E-state index in [4.69, 9.17) is 4.98 Å². The Hall–Kier alpha value is -1.70. The number of aryl methyl sites for hydroxylation is 2. The summed E-state index contributed by atoms with van der Waals surface area (Å²) in [5.41, 5.74) is 2.12. The summed E-state index contributed by atoms with van der Waals surface area (Å²) in [5, 5.41) is 7.48. The molecule has 8 heteroatoms. The van der Waals surface area contributed by atoms with E-state index < -0.39 is 6.04 Å². The lowest BCUT2D eigenvalue weighted by Gasteiger charge is -2.42. The maximum Gasteiger partial charge on any atom is 0.251 e. The van der Waals surface area contributed by atoms with Gasteiger partial charge in [-0.25, -0.2) is 4.98 Å². The van der Waals surface area contributed by atoms with Gasteiger partial charge in [0.1, 0.15) is 11.0 Å². The Bertz CT molecular complexity index is 917. The first-order valence-corrected chi connectivity index (χ1v) is 10.7. The Labute approximate surface area is 174 Å². The van der Waals surface area contributed by atoms with Crippen molar-refractivity contribution in [2.75, 3.05) is 13.1 Å². The Morgan fingerprint density at radius 2 is 2.14 bits per heavy atom. The first-order valence-electron chi connectivity index (χ1n) is 9.88. The molecule has 2 aromatic rings. The second kappa shape index (κ2) is 7.97. The third-order valence-corrected chi connectivity index (χ3v) is 7.28. The molecule has 0 radical (unpaired) electrons. The molecule has 2 N–H and O–H groups in total. The summed E-state index contributed by atoms with van der Waals surface area (Å²) >= 11 is 1.72. The number of nitrogens with one attached hydrogen (secondary N) is 2. The fraction of sp³-hybridized carbons (Fsp3) is 0.550. The number of aromatic nitrogens is 2. The molecule has 3 aliphatic rings. The molecule has 28 heavy (non-hydrogen) atoms. The van der Waals surface area contributed by atoms with Gasteiger partial charge >= 0.3 is 0 Å². The monoisotopic (exact) mass is 420 g/mol. The van der Waals surface area contributed by atoms with Crippen LogP contribution in [-0.4, -0.2) is 28.5 Å². The summed E-state index contributed by atoms with van der Waals surface area (Å²) in [7, 11) is 0. The molecular formula is C20H25ClN4O2S. The zero-order chi connectivity index (χ0) is 18.4. The Morgan fingerprint density at radius 3 is 3.00 bits per heavy atom. The zero-order valence-electron chi connectivity index (χ0n) is 15.6. The van der Waals surface area contributed by atoms with Crippen molar-refractivity contribution in [2.24, 2.45) is 5.92 Å². The fourth-order valence-corrected chi connectivity index (χ4v) is 5.98. The third-order valence-electron chi connectivity index (χ3n) is 6.12. The number of rotatable bonds is 3. The van der Waals surface area contributed by atoms with E-state index in [-0.39, 0.29) is 29.8 Å². The molecule has 0 unspecified atom stereocenters. The molecule has 0 aromatic carbocycles. The minimum atomic E-state index is -0.438. The van der Waals surface area contributed by atoms with E-state index in [1.165, 1.54) is 23.4 Å². The topological polar surface area (TPSA) is 76.0 Å². The maximum absolute atomic E-state index is 13.1. The van der Waals surface area contributed by atoms with Crippen molar-refractivity contribution in [3.63, 3.8) is 0 Å². The van der Waals surface area contributed by atoms with Crippen LogP contribution in [-0.2, 0) is 24.2 Å². The lowest BCUT2D eigenvalue weighted by atomic mass is 9.79. The average molecular weight is 421 g/mol. The number of fused-ring (bicyclic) bond motifs is 5. The number of pyridine rings is 1. The number of carbonyl (C=O) groups is 1. The van der Waals surface area contributed by atoms with E-state index in [0.717, 1.165) is 43.1 Å². The first-order chi connectivity index (χ1) is 13.2. The Balaban J connectivity index is 0.00000192. The van der Waals surface area contributed by atoms with Gasteiger partial charge in [-0.15, -0.1) is 23.7 Å². The largest absolute Gasteiger partial charge is 0.348 e. The van der Waals surface area contributed by atoms with Crippen LogP contribution in [0.15, 0.2) is 23.0 Å². The van der Waals surface area contributed by atoms with Crippen LogP contribution in [0.5, 0.6) is 0 Å². The van der Waals surface area contributed by atoms with Gasteiger partial charge in [-0.1, -0.05) is 6.07 Å². The molecule has 4 heterocycles. The number of amides is 1. The highest BCUT2D eigenvalue weighted by Gasteiger charge is 2.41. The number of hydrogen-bond donors (Lipinski definition) is 2. The number of hydrogen-bond acceptors (Lipinski definition) is 5. The van der Waals surface area contributed by atoms with Gasteiger partial charge < -0.3 is 10.6 Å². The smallest absolute Gasteiger partial charge is 0.251 e. The molecule has 2 bridgehead atoms. The van der Waals surface area contributed by atoms with Crippen LogP contribution in [0.4, 0.5) is 0 Å². The highest BCUT2D eigenvalue weighted by molar-refractivity contribution is 7.11. The molecule has 1 fully saturated rings. The van der Waals surface area contributed by atoms with Crippen molar-refractivity contribution in [3.8, 4) is 0 Å². The van der Waals surface area contributed by atoms with Crippen molar-refractivity contribution in [2.45, 2.75) is 50.6 Å². The SMILES string of the molecule is Cl.O=C(NCc1nc2c(s1)CCCC2)[C@H]1[C@@H]2CNC[C@@H](C2)c2cccc(=O)n21. The minimum Gasteiger partial charge on any atom is -0.348 e. The van der Waals surface area contributed by atoms with E-state index >= 15 is 0 Å². The van der Waals surface area contributed by atoms with Crippen molar-refractivity contribution >= 4 is 29.7 Å². The van der Waals surface area contributed by atoms with E-state index in [1.807, 2.05) is 6.07 Å². The van der Waals surface area contributed by atoms with Gasteiger partial charge in [-0.05, 0) is 38.2 Å². The minimum absolute atomic E-state index is 0. The molecule has 1 amide bonds. The van der Waals surface area contributed by atoms with Gasteiger partial charge in [0, 0.05) is 41.6 Å². The quantitative estimate of drug-likeness (QED) is 0.797.